The summed E-state index contributed by atoms with van der Waals surface area (Å²) in [5.74, 6) is 0. The summed E-state index contributed by atoms with van der Waals surface area (Å²) in [6.07, 6.45) is 2.91. The molecule has 0 aromatic heterocycles. The third-order valence-electron chi connectivity index (χ3n) is 5.11. The Morgan fingerprint density at radius 2 is 1.54 bits per heavy atom. The SMILES string of the molecule is CC1(CC#N)CCN(Cc2ccc(-c3ccc(Cl)cc3)cc2)CC1. The first-order chi connectivity index (χ1) is 11.6. The number of piperidine rings is 1. The molecule has 2 aromatic carbocycles. The second-order valence-electron chi connectivity index (χ2n) is 7.13. The first kappa shape index (κ1) is 17.0. The maximum absolute atomic E-state index is 8.95. The Balaban J connectivity index is 1.59. The smallest absolute Gasteiger partial charge is 0.0627 e. The highest BCUT2D eigenvalue weighted by Crippen LogP contribution is 2.34. The molecule has 0 saturated carbocycles. The van der Waals surface area contributed by atoms with E-state index >= 15 is 0 Å². The van der Waals surface area contributed by atoms with Gasteiger partial charge in [-0.1, -0.05) is 54.9 Å². The van der Waals surface area contributed by atoms with E-state index in [1.807, 2.05) is 12.1 Å². The van der Waals surface area contributed by atoms with Gasteiger partial charge in [-0.05, 0) is 60.2 Å². The fraction of sp³-hybridized carbons (Fsp3) is 0.381. The summed E-state index contributed by atoms with van der Waals surface area (Å²) >= 11 is 5.95. The molecule has 3 heteroatoms. The van der Waals surface area contributed by atoms with Gasteiger partial charge in [-0.3, -0.25) is 4.90 Å². The number of rotatable bonds is 4. The topological polar surface area (TPSA) is 27.0 Å². The van der Waals surface area contributed by atoms with Crippen LogP contribution in [0.1, 0.15) is 31.7 Å². The van der Waals surface area contributed by atoms with E-state index in [4.69, 9.17) is 16.9 Å². The number of nitriles is 1. The Labute approximate surface area is 149 Å². The minimum Gasteiger partial charge on any atom is -0.299 e. The molecule has 3 rings (SSSR count). The molecule has 0 aliphatic carbocycles. The van der Waals surface area contributed by atoms with Gasteiger partial charge in [0.25, 0.3) is 0 Å². The molecule has 2 nitrogen and oxygen atoms in total. The molecule has 0 atom stereocenters. The summed E-state index contributed by atoms with van der Waals surface area (Å²) in [4.78, 5) is 2.50. The van der Waals surface area contributed by atoms with E-state index in [9.17, 15) is 0 Å². The molecule has 0 amide bonds. The molecular formula is C21H23ClN2. The van der Waals surface area contributed by atoms with Gasteiger partial charge in [0.15, 0.2) is 0 Å². The minimum atomic E-state index is 0.212. The lowest BCUT2D eigenvalue weighted by atomic mass is 9.78. The zero-order valence-corrected chi connectivity index (χ0v) is 14.9. The molecular weight excluding hydrogens is 316 g/mol. The van der Waals surface area contributed by atoms with E-state index in [0.717, 1.165) is 37.5 Å². The Bertz CT molecular complexity index is 705. The lowest BCUT2D eigenvalue weighted by Crippen LogP contribution is -2.38. The van der Waals surface area contributed by atoms with Crippen molar-refractivity contribution in [3.63, 3.8) is 0 Å². The fourth-order valence-electron chi connectivity index (χ4n) is 3.32. The molecule has 0 radical (unpaired) electrons. The van der Waals surface area contributed by atoms with Crippen LogP contribution in [-0.4, -0.2) is 18.0 Å². The van der Waals surface area contributed by atoms with Gasteiger partial charge >= 0.3 is 0 Å². The van der Waals surface area contributed by atoms with E-state index in [1.54, 1.807) is 0 Å². The minimum absolute atomic E-state index is 0.212. The van der Waals surface area contributed by atoms with Crippen molar-refractivity contribution in [3.05, 3.63) is 59.1 Å². The first-order valence-electron chi connectivity index (χ1n) is 8.52. The molecule has 1 heterocycles. The van der Waals surface area contributed by atoms with E-state index < -0.39 is 0 Å². The van der Waals surface area contributed by atoms with Crippen LogP contribution in [0.15, 0.2) is 48.5 Å². The number of halogens is 1. The number of nitrogens with zero attached hydrogens (tertiary/aromatic N) is 2. The lowest BCUT2D eigenvalue weighted by molar-refractivity contribution is 0.116. The highest BCUT2D eigenvalue weighted by Gasteiger charge is 2.29. The number of benzene rings is 2. The van der Waals surface area contributed by atoms with Crippen molar-refractivity contribution in [3.8, 4) is 17.2 Å². The second kappa shape index (κ2) is 7.38. The maximum Gasteiger partial charge on any atom is 0.0627 e. The molecule has 124 valence electrons. The standard InChI is InChI=1S/C21H23ClN2/c1-21(10-13-23)11-14-24(15-12-21)16-17-2-4-18(5-3-17)19-6-8-20(22)9-7-19/h2-9H,10-12,14-16H2,1H3. The summed E-state index contributed by atoms with van der Waals surface area (Å²) in [5, 5.41) is 9.72. The first-order valence-corrected chi connectivity index (χ1v) is 8.90. The van der Waals surface area contributed by atoms with Gasteiger partial charge < -0.3 is 0 Å². The van der Waals surface area contributed by atoms with Crippen LogP contribution >= 0.6 is 11.6 Å². The van der Waals surface area contributed by atoms with Gasteiger partial charge in [0, 0.05) is 18.0 Å². The zero-order chi connectivity index (χ0) is 17.0. The molecule has 1 saturated heterocycles. The second-order valence-corrected chi connectivity index (χ2v) is 7.56. The molecule has 0 bridgehead atoms. The van der Waals surface area contributed by atoms with Crippen molar-refractivity contribution in [2.75, 3.05) is 13.1 Å². The van der Waals surface area contributed by atoms with Crippen molar-refractivity contribution >= 4 is 11.6 Å². The van der Waals surface area contributed by atoms with Gasteiger partial charge in [0.05, 0.1) is 6.07 Å². The molecule has 1 aliphatic rings. The van der Waals surface area contributed by atoms with E-state index in [1.165, 1.54) is 16.7 Å². The number of hydrogen-bond donors (Lipinski definition) is 0. The van der Waals surface area contributed by atoms with Gasteiger partial charge in [-0.15, -0.1) is 0 Å². The predicted octanol–water partition coefficient (Wildman–Crippen LogP) is 5.52. The van der Waals surface area contributed by atoms with E-state index in [0.29, 0.717) is 6.42 Å². The van der Waals surface area contributed by atoms with Crippen LogP contribution in [0.2, 0.25) is 5.02 Å². The van der Waals surface area contributed by atoms with Gasteiger partial charge in [0.2, 0.25) is 0 Å². The van der Waals surface area contributed by atoms with E-state index in [2.05, 4.69) is 54.3 Å². The summed E-state index contributed by atoms with van der Waals surface area (Å²) in [5.41, 5.74) is 3.97. The van der Waals surface area contributed by atoms with Crippen molar-refractivity contribution in [2.24, 2.45) is 5.41 Å². The molecule has 0 spiro atoms. The Kier molecular flexibility index (Phi) is 5.23. The molecule has 0 unspecified atom stereocenters. The Morgan fingerprint density at radius 3 is 2.08 bits per heavy atom. The van der Waals surface area contributed by atoms with Crippen molar-refractivity contribution in [1.82, 2.24) is 4.90 Å². The average Bonchev–Trinajstić information content (AvgIpc) is 2.59. The van der Waals surface area contributed by atoms with Crippen LogP contribution in [0.5, 0.6) is 0 Å². The van der Waals surface area contributed by atoms with E-state index in [-0.39, 0.29) is 5.41 Å². The summed E-state index contributed by atoms with van der Waals surface area (Å²) in [6.45, 7) is 5.40. The Hall–Kier alpha value is -1.82. The fourth-order valence-corrected chi connectivity index (χ4v) is 3.45. The monoisotopic (exact) mass is 338 g/mol. The quantitative estimate of drug-likeness (QED) is 0.733. The van der Waals surface area contributed by atoms with Gasteiger partial charge in [-0.25, -0.2) is 0 Å². The molecule has 2 aromatic rings. The van der Waals surface area contributed by atoms with Crippen LogP contribution in [-0.2, 0) is 6.54 Å². The number of hydrogen-bond acceptors (Lipinski definition) is 2. The van der Waals surface area contributed by atoms with Crippen LogP contribution in [0.4, 0.5) is 0 Å². The normalized spacial score (nSPS) is 17.4. The highest BCUT2D eigenvalue weighted by atomic mass is 35.5. The molecule has 0 N–H and O–H groups in total. The summed E-state index contributed by atoms with van der Waals surface area (Å²) < 4.78 is 0. The van der Waals surface area contributed by atoms with Crippen molar-refractivity contribution in [2.45, 2.75) is 32.7 Å². The molecule has 1 fully saturated rings. The molecule has 24 heavy (non-hydrogen) atoms. The Morgan fingerprint density at radius 1 is 1.00 bits per heavy atom. The summed E-state index contributed by atoms with van der Waals surface area (Å²) in [6, 6.07) is 19.1. The predicted molar refractivity (Wildman–Crippen MR) is 99.7 cm³/mol. The van der Waals surface area contributed by atoms with Gasteiger partial charge in [-0.2, -0.15) is 5.26 Å². The van der Waals surface area contributed by atoms with Crippen LogP contribution in [0.25, 0.3) is 11.1 Å². The van der Waals surface area contributed by atoms with Crippen molar-refractivity contribution in [1.29, 1.82) is 5.26 Å². The third kappa shape index (κ3) is 4.17. The maximum atomic E-state index is 8.95. The average molecular weight is 339 g/mol. The summed E-state index contributed by atoms with van der Waals surface area (Å²) in [7, 11) is 0. The third-order valence-corrected chi connectivity index (χ3v) is 5.36. The number of likely N-dealkylation sites (tertiary alicyclic amines) is 1. The van der Waals surface area contributed by atoms with Crippen LogP contribution in [0.3, 0.4) is 0 Å². The lowest BCUT2D eigenvalue weighted by Gasteiger charge is -2.38. The molecule has 1 aliphatic heterocycles. The van der Waals surface area contributed by atoms with Crippen molar-refractivity contribution < 1.29 is 0 Å². The zero-order valence-electron chi connectivity index (χ0n) is 14.1. The largest absolute Gasteiger partial charge is 0.299 e. The highest BCUT2D eigenvalue weighted by molar-refractivity contribution is 6.30. The van der Waals surface area contributed by atoms with Crippen LogP contribution < -0.4 is 0 Å². The van der Waals surface area contributed by atoms with Crippen LogP contribution in [0, 0.1) is 16.7 Å². The van der Waals surface area contributed by atoms with Gasteiger partial charge in [0.1, 0.15) is 0 Å².